The maximum Gasteiger partial charge on any atom is 0.224 e. The highest BCUT2D eigenvalue weighted by Gasteiger charge is 2.13. The fourth-order valence-corrected chi connectivity index (χ4v) is 3.03. The fourth-order valence-electron chi connectivity index (χ4n) is 3.03. The first-order valence-electron chi connectivity index (χ1n) is 10.5. The van der Waals surface area contributed by atoms with Crippen LogP contribution < -0.4 is 10.1 Å². The van der Waals surface area contributed by atoms with Crippen LogP contribution in [-0.2, 0) is 6.42 Å². The topological polar surface area (TPSA) is 47.0 Å². The van der Waals surface area contributed by atoms with Gasteiger partial charge in [0.15, 0.2) is 0 Å². The van der Waals surface area contributed by atoms with Crippen molar-refractivity contribution in [2.75, 3.05) is 12.4 Å². The molecule has 4 heteroatoms. The minimum atomic E-state index is 0.569. The number of nitrogens with one attached hydrogen (secondary N) is 1. The summed E-state index contributed by atoms with van der Waals surface area (Å²) in [5, 5.41) is 5.35. The number of rotatable bonds is 5. The summed E-state index contributed by atoms with van der Waals surface area (Å²) in [4.78, 5) is 9.21. The second kappa shape index (κ2) is 12.2. The zero-order valence-electron chi connectivity index (χ0n) is 18.5. The zero-order chi connectivity index (χ0) is 21.8. The summed E-state index contributed by atoms with van der Waals surface area (Å²) in [6.45, 7) is 8.00. The smallest absolute Gasteiger partial charge is 0.224 e. The van der Waals surface area contributed by atoms with E-state index in [0.29, 0.717) is 5.88 Å². The maximum atomic E-state index is 5.47. The number of ether oxygens (including phenoxy) is 1. The molecule has 30 heavy (non-hydrogen) atoms. The molecule has 4 rings (SSSR count). The van der Waals surface area contributed by atoms with Gasteiger partial charge in [0.25, 0.3) is 0 Å². The van der Waals surface area contributed by atoms with Crippen LogP contribution in [-0.4, -0.2) is 17.1 Å². The number of para-hydroxylation sites is 1. The van der Waals surface area contributed by atoms with Gasteiger partial charge in [0.05, 0.1) is 12.5 Å². The van der Waals surface area contributed by atoms with Gasteiger partial charge in [-0.3, -0.25) is 0 Å². The van der Waals surface area contributed by atoms with Gasteiger partial charge in [-0.05, 0) is 35.2 Å². The Morgan fingerprint density at radius 2 is 1.47 bits per heavy atom. The average molecular weight is 402 g/mol. The Kier molecular flexibility index (Phi) is 9.32. The molecule has 2 heterocycles. The standard InChI is InChI=1S/C22H19N3O.2C2H6/c1-26-22-20-17(12-13-23-22)15-19(14-16-8-4-2-5-9-16)25-21(20)24-18-10-6-3-7-11-18;2*1-2/h2-13,15H,14H2,1H3,(H,24,25);2*1-2H3. The monoisotopic (exact) mass is 401 g/mol. The predicted octanol–water partition coefficient (Wildman–Crippen LogP) is 7.03. The molecule has 4 aromatic rings. The number of benzene rings is 2. The van der Waals surface area contributed by atoms with Crippen LogP contribution in [0.4, 0.5) is 11.5 Å². The van der Waals surface area contributed by atoms with E-state index < -0.39 is 0 Å². The van der Waals surface area contributed by atoms with Gasteiger partial charge >= 0.3 is 0 Å². The minimum Gasteiger partial charge on any atom is -0.480 e. The highest BCUT2D eigenvalue weighted by molar-refractivity contribution is 5.97. The summed E-state index contributed by atoms with van der Waals surface area (Å²) in [7, 11) is 1.63. The van der Waals surface area contributed by atoms with Crippen LogP contribution in [0.2, 0.25) is 0 Å². The Morgan fingerprint density at radius 1 is 0.833 bits per heavy atom. The van der Waals surface area contributed by atoms with Crippen LogP contribution in [0.3, 0.4) is 0 Å². The number of pyridine rings is 2. The summed E-state index contributed by atoms with van der Waals surface area (Å²) < 4.78 is 5.47. The first-order valence-corrected chi connectivity index (χ1v) is 10.5. The van der Waals surface area contributed by atoms with Gasteiger partial charge in [-0.1, -0.05) is 76.2 Å². The molecule has 1 N–H and O–H groups in total. The van der Waals surface area contributed by atoms with Crippen molar-refractivity contribution < 1.29 is 4.74 Å². The number of methoxy groups -OCH3 is 1. The molecule has 0 fully saturated rings. The molecule has 0 amide bonds. The van der Waals surface area contributed by atoms with Crippen molar-refractivity contribution in [3.8, 4) is 5.88 Å². The third-order valence-electron chi connectivity index (χ3n) is 4.22. The van der Waals surface area contributed by atoms with Crippen molar-refractivity contribution in [1.82, 2.24) is 9.97 Å². The number of anilines is 2. The SMILES string of the molecule is CC.CC.COc1nccc2cc(Cc3ccccc3)nc(Nc3ccccc3)c12. The molecule has 4 nitrogen and oxygen atoms in total. The van der Waals surface area contributed by atoms with E-state index in [-0.39, 0.29) is 0 Å². The van der Waals surface area contributed by atoms with Crippen LogP contribution in [0, 0.1) is 0 Å². The van der Waals surface area contributed by atoms with Crippen LogP contribution in [0.15, 0.2) is 79.0 Å². The number of aromatic nitrogens is 2. The van der Waals surface area contributed by atoms with Gasteiger partial charge in [-0.15, -0.1) is 0 Å². The molecule has 0 aliphatic heterocycles. The number of nitrogens with zero attached hydrogens (tertiary/aromatic N) is 2. The molecule has 2 aromatic carbocycles. The molecule has 0 aliphatic rings. The summed E-state index contributed by atoms with van der Waals surface area (Å²) in [6, 6.07) is 24.4. The molecule has 156 valence electrons. The first-order chi connectivity index (χ1) is 14.8. The van der Waals surface area contributed by atoms with Crippen molar-refractivity contribution >= 4 is 22.3 Å². The lowest BCUT2D eigenvalue weighted by Crippen LogP contribution is -2.01. The molecule has 0 atom stereocenters. The van der Waals surface area contributed by atoms with Gasteiger partial charge in [0.2, 0.25) is 5.88 Å². The molecule has 0 unspecified atom stereocenters. The summed E-state index contributed by atoms with van der Waals surface area (Å²) >= 11 is 0. The molecule has 0 saturated carbocycles. The molecule has 0 spiro atoms. The highest BCUT2D eigenvalue weighted by atomic mass is 16.5. The predicted molar refractivity (Wildman–Crippen MR) is 128 cm³/mol. The van der Waals surface area contributed by atoms with Gasteiger partial charge in [-0.2, -0.15) is 0 Å². The zero-order valence-corrected chi connectivity index (χ0v) is 18.5. The maximum absolute atomic E-state index is 5.47. The van der Waals surface area contributed by atoms with Gasteiger partial charge in [-0.25, -0.2) is 9.97 Å². The largest absolute Gasteiger partial charge is 0.480 e. The van der Waals surface area contributed by atoms with E-state index in [1.807, 2.05) is 82.3 Å². The van der Waals surface area contributed by atoms with Crippen molar-refractivity contribution in [1.29, 1.82) is 0 Å². The summed E-state index contributed by atoms with van der Waals surface area (Å²) in [6.07, 6.45) is 2.53. The van der Waals surface area contributed by atoms with Crippen molar-refractivity contribution in [2.45, 2.75) is 34.1 Å². The van der Waals surface area contributed by atoms with E-state index in [9.17, 15) is 0 Å². The Balaban J connectivity index is 0.000000757. The second-order valence-corrected chi connectivity index (χ2v) is 6.03. The van der Waals surface area contributed by atoms with E-state index in [1.54, 1.807) is 13.3 Å². The van der Waals surface area contributed by atoms with Gasteiger partial charge < -0.3 is 10.1 Å². The molecule has 0 saturated heterocycles. The quantitative estimate of drug-likeness (QED) is 0.390. The van der Waals surface area contributed by atoms with Gasteiger partial charge in [0, 0.05) is 24.0 Å². The molecule has 0 radical (unpaired) electrons. The lowest BCUT2D eigenvalue weighted by Gasteiger charge is -2.13. The minimum absolute atomic E-state index is 0.569. The van der Waals surface area contributed by atoms with Crippen LogP contribution in [0.1, 0.15) is 39.0 Å². The molecule has 0 bridgehead atoms. The van der Waals surface area contributed by atoms with Crippen molar-refractivity contribution in [3.63, 3.8) is 0 Å². The molecular weight excluding hydrogens is 370 g/mol. The first kappa shape index (κ1) is 22.9. The third-order valence-corrected chi connectivity index (χ3v) is 4.22. The Bertz CT molecular complexity index is 1020. The van der Waals surface area contributed by atoms with E-state index >= 15 is 0 Å². The lowest BCUT2D eigenvalue weighted by molar-refractivity contribution is 0.403. The van der Waals surface area contributed by atoms with E-state index in [0.717, 1.165) is 34.4 Å². The molecular formula is C26H31N3O. The van der Waals surface area contributed by atoms with Gasteiger partial charge in [0.1, 0.15) is 5.82 Å². The van der Waals surface area contributed by atoms with E-state index in [1.165, 1.54) is 5.56 Å². The van der Waals surface area contributed by atoms with Crippen LogP contribution in [0.25, 0.3) is 10.8 Å². The average Bonchev–Trinajstić information content (AvgIpc) is 2.82. The van der Waals surface area contributed by atoms with Crippen LogP contribution >= 0.6 is 0 Å². The Labute approximate surface area is 180 Å². The Hall–Kier alpha value is -3.40. The number of fused-ring (bicyclic) bond motifs is 1. The Morgan fingerprint density at radius 3 is 2.10 bits per heavy atom. The number of hydrogen-bond acceptors (Lipinski definition) is 4. The lowest BCUT2D eigenvalue weighted by atomic mass is 10.1. The van der Waals surface area contributed by atoms with E-state index in [4.69, 9.17) is 9.72 Å². The van der Waals surface area contributed by atoms with Crippen LogP contribution in [0.5, 0.6) is 5.88 Å². The summed E-state index contributed by atoms with van der Waals surface area (Å²) in [5.41, 5.74) is 3.20. The third kappa shape index (κ3) is 5.80. The molecule has 0 aliphatic carbocycles. The number of hydrogen-bond donors (Lipinski definition) is 1. The fraction of sp³-hybridized carbons (Fsp3) is 0.231. The normalized spacial score (nSPS) is 9.63. The van der Waals surface area contributed by atoms with Crippen molar-refractivity contribution in [2.24, 2.45) is 0 Å². The van der Waals surface area contributed by atoms with Crippen molar-refractivity contribution in [3.05, 3.63) is 90.3 Å². The highest BCUT2D eigenvalue weighted by Crippen LogP contribution is 2.32. The molecule has 2 aromatic heterocycles. The second-order valence-electron chi connectivity index (χ2n) is 6.03. The summed E-state index contributed by atoms with van der Waals surface area (Å²) in [5.74, 6) is 1.32. The van der Waals surface area contributed by atoms with E-state index in [2.05, 4.69) is 28.5 Å².